The third-order valence-electron chi connectivity index (χ3n) is 2.98. The van der Waals surface area contributed by atoms with Crippen molar-refractivity contribution < 1.29 is 4.39 Å². The van der Waals surface area contributed by atoms with E-state index in [1.54, 1.807) is 13.0 Å². The second kappa shape index (κ2) is 5.80. The number of benzene rings is 2. The largest absolute Gasteiger partial charge is 0.324 e. The SMILES string of the molecule is Cc1cc(C(N)Cc2ccc(I)cc2)ccc1F. The van der Waals surface area contributed by atoms with E-state index in [4.69, 9.17) is 5.73 Å². The molecule has 1 unspecified atom stereocenters. The van der Waals surface area contributed by atoms with Crippen molar-refractivity contribution in [2.45, 2.75) is 19.4 Å². The van der Waals surface area contributed by atoms with Crippen LogP contribution >= 0.6 is 22.6 Å². The zero-order valence-corrected chi connectivity index (χ0v) is 12.3. The van der Waals surface area contributed by atoms with Crippen molar-refractivity contribution in [1.29, 1.82) is 0 Å². The Morgan fingerprint density at radius 1 is 1.17 bits per heavy atom. The molecule has 2 rings (SSSR count). The molecule has 1 atom stereocenters. The van der Waals surface area contributed by atoms with E-state index in [9.17, 15) is 4.39 Å². The summed E-state index contributed by atoms with van der Waals surface area (Å²) < 4.78 is 14.4. The molecule has 2 N–H and O–H groups in total. The lowest BCUT2D eigenvalue weighted by Crippen LogP contribution is -2.13. The van der Waals surface area contributed by atoms with Crippen LogP contribution in [0.25, 0.3) is 0 Å². The van der Waals surface area contributed by atoms with Gasteiger partial charge in [0.05, 0.1) is 0 Å². The van der Waals surface area contributed by atoms with E-state index in [1.807, 2.05) is 6.07 Å². The number of aryl methyl sites for hydroxylation is 1. The first-order valence-electron chi connectivity index (χ1n) is 5.82. The second-order valence-electron chi connectivity index (χ2n) is 4.45. The molecule has 18 heavy (non-hydrogen) atoms. The first-order chi connectivity index (χ1) is 8.56. The van der Waals surface area contributed by atoms with Crippen molar-refractivity contribution in [2.75, 3.05) is 0 Å². The highest BCUT2D eigenvalue weighted by Crippen LogP contribution is 2.19. The smallest absolute Gasteiger partial charge is 0.126 e. The van der Waals surface area contributed by atoms with E-state index in [1.165, 1.54) is 15.2 Å². The standard InChI is InChI=1S/C15H15FIN/c1-10-8-12(4-7-14(10)16)15(18)9-11-2-5-13(17)6-3-11/h2-8,15H,9,18H2,1H3. The molecular formula is C15H15FIN. The molecule has 0 amide bonds. The van der Waals surface area contributed by atoms with E-state index < -0.39 is 0 Å². The van der Waals surface area contributed by atoms with Gasteiger partial charge in [0.25, 0.3) is 0 Å². The molecule has 1 nitrogen and oxygen atoms in total. The van der Waals surface area contributed by atoms with Gasteiger partial charge < -0.3 is 5.73 Å². The molecule has 0 bridgehead atoms. The molecule has 0 aliphatic rings. The van der Waals surface area contributed by atoms with E-state index in [-0.39, 0.29) is 11.9 Å². The van der Waals surface area contributed by atoms with E-state index >= 15 is 0 Å². The van der Waals surface area contributed by atoms with Gasteiger partial charge in [-0.25, -0.2) is 4.39 Å². The topological polar surface area (TPSA) is 26.0 Å². The third kappa shape index (κ3) is 3.29. The molecule has 0 aliphatic heterocycles. The Hall–Kier alpha value is -0.940. The molecule has 0 aromatic heterocycles. The van der Waals surface area contributed by atoms with Crippen molar-refractivity contribution in [1.82, 2.24) is 0 Å². The summed E-state index contributed by atoms with van der Waals surface area (Å²) in [5, 5.41) is 0. The fourth-order valence-corrected chi connectivity index (χ4v) is 2.25. The quantitative estimate of drug-likeness (QED) is 0.829. The lowest BCUT2D eigenvalue weighted by atomic mass is 9.98. The van der Waals surface area contributed by atoms with Gasteiger partial charge in [-0.05, 0) is 70.8 Å². The Labute approximate surface area is 120 Å². The lowest BCUT2D eigenvalue weighted by Gasteiger charge is -2.13. The van der Waals surface area contributed by atoms with Crippen molar-refractivity contribution in [3.8, 4) is 0 Å². The van der Waals surface area contributed by atoms with Gasteiger partial charge in [0.15, 0.2) is 0 Å². The predicted octanol–water partition coefficient (Wildman–Crippen LogP) is 3.98. The predicted molar refractivity (Wildman–Crippen MR) is 80.9 cm³/mol. The molecular weight excluding hydrogens is 340 g/mol. The zero-order valence-electron chi connectivity index (χ0n) is 10.2. The maximum Gasteiger partial charge on any atom is 0.126 e. The van der Waals surface area contributed by atoms with Gasteiger partial charge in [0.1, 0.15) is 5.82 Å². The van der Waals surface area contributed by atoms with E-state index in [0.717, 1.165) is 12.0 Å². The van der Waals surface area contributed by atoms with Crippen LogP contribution < -0.4 is 5.73 Å². The number of halogens is 2. The molecule has 0 heterocycles. The van der Waals surface area contributed by atoms with Crippen molar-refractivity contribution in [3.05, 3.63) is 68.5 Å². The molecule has 2 aromatic rings. The molecule has 2 aromatic carbocycles. The summed E-state index contributed by atoms with van der Waals surface area (Å²) in [5.41, 5.74) is 8.98. The summed E-state index contributed by atoms with van der Waals surface area (Å²) in [6, 6.07) is 13.3. The van der Waals surface area contributed by atoms with Crippen molar-refractivity contribution in [2.24, 2.45) is 5.73 Å². The molecule has 0 fully saturated rings. The van der Waals surface area contributed by atoms with E-state index in [2.05, 4.69) is 46.9 Å². The van der Waals surface area contributed by atoms with Gasteiger partial charge in [-0.2, -0.15) is 0 Å². The minimum Gasteiger partial charge on any atom is -0.324 e. The molecule has 0 radical (unpaired) electrons. The molecule has 0 saturated carbocycles. The van der Waals surface area contributed by atoms with Crippen LogP contribution in [0.2, 0.25) is 0 Å². The van der Waals surface area contributed by atoms with Crippen LogP contribution in [0.3, 0.4) is 0 Å². The summed E-state index contributed by atoms with van der Waals surface area (Å²) in [6.07, 6.45) is 0.766. The van der Waals surface area contributed by atoms with Crippen molar-refractivity contribution >= 4 is 22.6 Å². The Balaban J connectivity index is 2.13. The van der Waals surface area contributed by atoms with Crippen LogP contribution in [-0.2, 0) is 6.42 Å². The average molecular weight is 355 g/mol. The average Bonchev–Trinajstić information content (AvgIpc) is 2.35. The number of nitrogens with two attached hydrogens (primary N) is 1. The maximum absolute atomic E-state index is 13.2. The third-order valence-corrected chi connectivity index (χ3v) is 3.70. The van der Waals surface area contributed by atoms with Gasteiger partial charge in [0.2, 0.25) is 0 Å². The van der Waals surface area contributed by atoms with Crippen LogP contribution in [0.4, 0.5) is 4.39 Å². The van der Waals surface area contributed by atoms with Crippen LogP contribution in [0.15, 0.2) is 42.5 Å². The minimum atomic E-state index is -0.180. The molecule has 0 saturated heterocycles. The highest BCUT2D eigenvalue weighted by Gasteiger charge is 2.08. The molecule has 94 valence electrons. The highest BCUT2D eigenvalue weighted by atomic mass is 127. The Bertz CT molecular complexity index is 537. The second-order valence-corrected chi connectivity index (χ2v) is 5.69. The summed E-state index contributed by atoms with van der Waals surface area (Å²) >= 11 is 2.28. The molecule has 0 spiro atoms. The zero-order chi connectivity index (χ0) is 13.1. The monoisotopic (exact) mass is 355 g/mol. The van der Waals surface area contributed by atoms with Gasteiger partial charge in [-0.1, -0.05) is 24.3 Å². The number of hydrogen-bond acceptors (Lipinski definition) is 1. The van der Waals surface area contributed by atoms with Crippen LogP contribution in [-0.4, -0.2) is 0 Å². The van der Waals surface area contributed by atoms with Crippen molar-refractivity contribution in [3.63, 3.8) is 0 Å². The van der Waals surface area contributed by atoms with Gasteiger partial charge in [-0.15, -0.1) is 0 Å². The summed E-state index contributed by atoms with van der Waals surface area (Å²) in [6.45, 7) is 1.76. The Morgan fingerprint density at radius 2 is 1.83 bits per heavy atom. The lowest BCUT2D eigenvalue weighted by molar-refractivity contribution is 0.615. The van der Waals surface area contributed by atoms with Crippen LogP contribution in [0.1, 0.15) is 22.7 Å². The van der Waals surface area contributed by atoms with Gasteiger partial charge in [0, 0.05) is 9.61 Å². The summed E-state index contributed by atoms with van der Waals surface area (Å²) in [7, 11) is 0. The maximum atomic E-state index is 13.2. The van der Waals surface area contributed by atoms with Gasteiger partial charge >= 0.3 is 0 Å². The summed E-state index contributed by atoms with van der Waals surface area (Å²) in [4.78, 5) is 0. The highest BCUT2D eigenvalue weighted by molar-refractivity contribution is 14.1. The van der Waals surface area contributed by atoms with Crippen LogP contribution in [0, 0.1) is 16.3 Å². The minimum absolute atomic E-state index is 0.0932. The summed E-state index contributed by atoms with van der Waals surface area (Å²) in [5.74, 6) is -0.180. The first-order valence-corrected chi connectivity index (χ1v) is 6.90. The van der Waals surface area contributed by atoms with Gasteiger partial charge in [-0.3, -0.25) is 0 Å². The van der Waals surface area contributed by atoms with Crippen LogP contribution in [0.5, 0.6) is 0 Å². The molecule has 0 aliphatic carbocycles. The Kier molecular flexibility index (Phi) is 4.35. The first kappa shape index (κ1) is 13.5. The molecule has 3 heteroatoms. The normalized spacial score (nSPS) is 12.4. The number of hydrogen-bond donors (Lipinski definition) is 1. The Morgan fingerprint density at radius 3 is 2.44 bits per heavy atom. The fraction of sp³-hybridized carbons (Fsp3) is 0.200. The number of rotatable bonds is 3. The van der Waals surface area contributed by atoms with E-state index in [0.29, 0.717) is 5.56 Å². The fourth-order valence-electron chi connectivity index (χ4n) is 1.89.